The monoisotopic (exact) mass is 424 g/mol. The molecule has 4 unspecified atom stereocenters. The van der Waals surface area contributed by atoms with Gasteiger partial charge in [0.1, 0.15) is 5.78 Å². The molecular weight excluding hydrogens is 398 g/mol. The van der Waals surface area contributed by atoms with E-state index in [4.69, 9.17) is 0 Å². The molecule has 0 spiro atoms. The average molecular weight is 424 g/mol. The summed E-state index contributed by atoms with van der Waals surface area (Å²) >= 11 is 0. The first-order valence-corrected chi connectivity index (χ1v) is 9.87. The van der Waals surface area contributed by atoms with Crippen LogP contribution in [0.5, 0.6) is 0 Å². The van der Waals surface area contributed by atoms with Gasteiger partial charge in [-0.25, -0.2) is 0 Å². The van der Waals surface area contributed by atoms with Crippen LogP contribution in [-0.2, 0) is 24.3 Å². The summed E-state index contributed by atoms with van der Waals surface area (Å²) in [5.74, 6) is 0.348. The Morgan fingerprint density at radius 1 is 1.45 bits per heavy atom. The van der Waals surface area contributed by atoms with Crippen LogP contribution in [0.4, 0.5) is 0 Å². The molecule has 0 aromatic carbocycles. The molecule has 0 aliphatic carbocycles. The largest absolute Gasteiger partial charge is 0.330 e. The van der Waals surface area contributed by atoms with E-state index in [1.807, 2.05) is 28.5 Å². The van der Waals surface area contributed by atoms with Crippen molar-refractivity contribution in [1.82, 2.24) is 10.4 Å². The van der Waals surface area contributed by atoms with Gasteiger partial charge < -0.3 is 17.3 Å². The molecular formula is C13H26N2OPRhS2-. The van der Waals surface area contributed by atoms with Gasteiger partial charge in [-0.1, -0.05) is 39.9 Å². The molecule has 1 saturated heterocycles. The van der Waals surface area contributed by atoms with E-state index in [1.54, 1.807) is 0 Å². The maximum Gasteiger partial charge on any atom is 0.149 e. The Bertz CT molecular complexity index is 275. The summed E-state index contributed by atoms with van der Waals surface area (Å²) in [4.78, 5) is 11.9. The van der Waals surface area contributed by atoms with Crippen molar-refractivity contribution in [1.29, 1.82) is 0 Å². The van der Waals surface area contributed by atoms with Crippen LogP contribution in [0.3, 0.4) is 0 Å². The van der Waals surface area contributed by atoms with Crippen LogP contribution in [0.1, 0.15) is 39.0 Å². The van der Waals surface area contributed by atoms with Gasteiger partial charge in [-0.05, 0) is 19.4 Å². The molecule has 7 heteroatoms. The fourth-order valence-corrected chi connectivity index (χ4v) is 5.16. The number of hydrogen-bond donors (Lipinski definition) is 2. The molecule has 3 nitrogen and oxygen atoms in total. The molecule has 0 aromatic heterocycles. The number of carbonyl (C=O) groups is 1. The van der Waals surface area contributed by atoms with Crippen molar-refractivity contribution in [3.8, 4) is 0 Å². The SMILES string of the molecule is [CH2-]C1CC(CNC(CCCCNP)C(=O)CC)SS1.[Rh]. The second-order valence-corrected chi connectivity index (χ2v) is 8.18. The average Bonchev–Trinajstić information content (AvgIpc) is 2.83. The molecule has 121 valence electrons. The van der Waals surface area contributed by atoms with E-state index < -0.39 is 0 Å². The minimum absolute atomic E-state index is 0. The van der Waals surface area contributed by atoms with Gasteiger partial charge >= 0.3 is 0 Å². The van der Waals surface area contributed by atoms with E-state index in [2.05, 4.69) is 26.7 Å². The van der Waals surface area contributed by atoms with Gasteiger partial charge in [-0.2, -0.15) is 0 Å². The Morgan fingerprint density at radius 2 is 2.20 bits per heavy atom. The van der Waals surface area contributed by atoms with Crippen molar-refractivity contribution in [2.45, 2.75) is 55.6 Å². The van der Waals surface area contributed by atoms with E-state index >= 15 is 0 Å². The zero-order valence-corrected chi connectivity index (χ0v) is 16.5. The van der Waals surface area contributed by atoms with Crippen LogP contribution in [0.25, 0.3) is 0 Å². The molecule has 0 saturated carbocycles. The number of rotatable bonds is 10. The maximum atomic E-state index is 11.9. The topological polar surface area (TPSA) is 41.1 Å². The van der Waals surface area contributed by atoms with Crippen molar-refractivity contribution in [3.63, 3.8) is 0 Å². The zero-order chi connectivity index (χ0) is 14.1. The van der Waals surface area contributed by atoms with Crippen molar-refractivity contribution in [2.75, 3.05) is 13.1 Å². The molecule has 1 rings (SSSR count). The van der Waals surface area contributed by atoms with E-state index in [1.165, 1.54) is 0 Å². The van der Waals surface area contributed by atoms with Crippen LogP contribution in [0.2, 0.25) is 0 Å². The van der Waals surface area contributed by atoms with Gasteiger partial charge in [0.25, 0.3) is 0 Å². The molecule has 2 N–H and O–H groups in total. The molecule has 1 aliphatic rings. The van der Waals surface area contributed by atoms with Crippen LogP contribution in [0, 0.1) is 6.92 Å². The third-order valence-electron chi connectivity index (χ3n) is 3.25. The molecule has 1 aliphatic heterocycles. The molecule has 20 heavy (non-hydrogen) atoms. The molecule has 0 aromatic rings. The molecule has 1 heterocycles. The summed E-state index contributed by atoms with van der Waals surface area (Å²) in [6.45, 7) is 7.96. The van der Waals surface area contributed by atoms with Crippen molar-refractivity contribution < 1.29 is 24.3 Å². The van der Waals surface area contributed by atoms with E-state index in [0.29, 0.717) is 22.7 Å². The predicted molar refractivity (Wildman–Crippen MR) is 91.4 cm³/mol. The predicted octanol–water partition coefficient (Wildman–Crippen LogP) is 2.83. The van der Waals surface area contributed by atoms with E-state index in [9.17, 15) is 4.79 Å². The van der Waals surface area contributed by atoms with Gasteiger partial charge in [0, 0.05) is 37.7 Å². The third-order valence-corrected chi connectivity index (χ3v) is 6.71. The minimum atomic E-state index is 0. The summed E-state index contributed by atoms with van der Waals surface area (Å²) in [6.07, 6.45) is 4.94. The first kappa shape index (κ1) is 21.3. The number of unbranched alkanes of at least 4 members (excludes halogenated alkanes) is 1. The number of nitrogens with one attached hydrogen (secondary N) is 2. The normalized spacial score (nSPS) is 23.4. The quantitative estimate of drug-likeness (QED) is 0.186. The van der Waals surface area contributed by atoms with E-state index in [0.717, 1.165) is 38.8 Å². The van der Waals surface area contributed by atoms with Crippen LogP contribution in [-0.4, -0.2) is 35.4 Å². The smallest absolute Gasteiger partial charge is 0.149 e. The molecule has 1 radical (unpaired) electrons. The molecule has 4 atom stereocenters. The first-order valence-electron chi connectivity index (χ1n) is 7.02. The number of carbonyl (C=O) groups excluding carboxylic acids is 1. The van der Waals surface area contributed by atoms with Crippen LogP contribution < -0.4 is 10.4 Å². The van der Waals surface area contributed by atoms with Crippen LogP contribution in [0.15, 0.2) is 0 Å². The Morgan fingerprint density at radius 3 is 2.75 bits per heavy atom. The summed E-state index contributed by atoms with van der Waals surface area (Å²) in [5, 5.41) is 7.65. The van der Waals surface area contributed by atoms with Gasteiger partial charge in [-0.15, -0.1) is 16.0 Å². The van der Waals surface area contributed by atoms with Gasteiger partial charge in [-0.3, -0.25) is 4.79 Å². The Kier molecular flexibility index (Phi) is 13.7. The Labute approximate surface area is 146 Å². The fraction of sp³-hybridized carbons (Fsp3) is 0.846. The molecule has 1 fully saturated rings. The Hall–Kier alpha value is 1.34. The molecule has 0 amide bonds. The first-order chi connectivity index (χ1) is 9.17. The summed E-state index contributed by atoms with van der Waals surface area (Å²) in [7, 11) is 6.29. The minimum Gasteiger partial charge on any atom is -0.330 e. The summed E-state index contributed by atoms with van der Waals surface area (Å²) in [6, 6.07) is 0.0453. The second kappa shape index (κ2) is 12.8. The molecule has 0 bridgehead atoms. The second-order valence-electron chi connectivity index (χ2n) is 4.90. The summed E-state index contributed by atoms with van der Waals surface area (Å²) < 4.78 is 0. The van der Waals surface area contributed by atoms with Gasteiger partial charge in [0.15, 0.2) is 0 Å². The van der Waals surface area contributed by atoms with Crippen LogP contribution >= 0.6 is 31.0 Å². The van der Waals surface area contributed by atoms with Crippen molar-refractivity contribution >= 4 is 36.8 Å². The summed E-state index contributed by atoms with van der Waals surface area (Å²) in [5.41, 5.74) is 0. The van der Waals surface area contributed by atoms with E-state index in [-0.39, 0.29) is 25.5 Å². The fourth-order valence-electron chi connectivity index (χ4n) is 2.12. The Balaban J connectivity index is 0.00000361. The van der Waals surface area contributed by atoms with Gasteiger partial charge in [0.05, 0.1) is 6.04 Å². The number of hydrogen-bond acceptors (Lipinski definition) is 5. The number of Topliss-reactive ketones (excluding diaryl/α,β-unsaturated/α-hetero) is 1. The van der Waals surface area contributed by atoms with Crippen molar-refractivity contribution in [2.24, 2.45) is 0 Å². The number of ketones is 1. The third kappa shape index (κ3) is 8.71. The standard InChI is InChI=1S/C13H26N2OPS2.Rh/c1-3-13(16)12(6-4-5-7-15-17)14-9-11-8-10(2)18-19-11;/h10-12,14-15H,2-9,17H2,1H3;/q-1;. The zero-order valence-electron chi connectivity index (χ0n) is 12.0. The maximum absolute atomic E-state index is 11.9. The van der Waals surface area contributed by atoms with Gasteiger partial charge in [0.2, 0.25) is 0 Å². The van der Waals surface area contributed by atoms with Crippen molar-refractivity contribution in [3.05, 3.63) is 6.92 Å².